The van der Waals surface area contributed by atoms with Crippen LogP contribution in [0, 0.1) is 6.92 Å². The average Bonchev–Trinajstić information content (AvgIpc) is 3.45. The fraction of sp³-hybridized carbons (Fsp3) is 0.286. The normalized spacial score (nSPS) is 11.9. The minimum absolute atomic E-state index is 0.469. The van der Waals surface area contributed by atoms with E-state index in [0.29, 0.717) is 6.54 Å². The number of thiazole rings is 2. The van der Waals surface area contributed by atoms with Crippen LogP contribution in [-0.4, -0.2) is 29.0 Å². The zero-order valence-corrected chi connectivity index (χ0v) is 18.1. The van der Waals surface area contributed by atoms with Crippen molar-refractivity contribution in [2.75, 3.05) is 13.1 Å². The van der Waals surface area contributed by atoms with E-state index < -0.39 is 0 Å². The molecule has 150 valence electrons. The lowest BCUT2D eigenvalue weighted by Crippen LogP contribution is -2.38. The first-order valence-electron chi connectivity index (χ1n) is 9.59. The van der Waals surface area contributed by atoms with Crippen molar-refractivity contribution in [3.05, 3.63) is 58.2 Å². The molecular formula is C21H23N5OS2. The van der Waals surface area contributed by atoms with Gasteiger partial charge in [0.2, 0.25) is 0 Å². The van der Waals surface area contributed by atoms with Crippen molar-refractivity contribution in [3.63, 3.8) is 0 Å². The van der Waals surface area contributed by atoms with Crippen molar-refractivity contribution in [2.45, 2.75) is 26.8 Å². The Bertz CT molecular complexity index is 1080. The van der Waals surface area contributed by atoms with E-state index in [0.717, 1.165) is 57.2 Å². The Labute approximate surface area is 177 Å². The van der Waals surface area contributed by atoms with Crippen LogP contribution >= 0.6 is 22.7 Å². The topological polar surface area (TPSA) is 75.3 Å². The molecule has 0 fully saturated rings. The van der Waals surface area contributed by atoms with Gasteiger partial charge in [0, 0.05) is 30.6 Å². The third-order valence-corrected chi connectivity index (χ3v) is 6.23. The molecule has 0 amide bonds. The molecule has 4 aromatic rings. The molecule has 0 atom stereocenters. The Morgan fingerprint density at radius 2 is 2.03 bits per heavy atom. The molecule has 29 heavy (non-hydrogen) atoms. The second-order valence-corrected chi connectivity index (χ2v) is 8.84. The number of hydrogen-bond donors (Lipinski definition) is 2. The monoisotopic (exact) mass is 425 g/mol. The van der Waals surface area contributed by atoms with Gasteiger partial charge in [-0.15, -0.1) is 22.7 Å². The van der Waals surface area contributed by atoms with Crippen molar-refractivity contribution < 1.29 is 4.42 Å². The van der Waals surface area contributed by atoms with Crippen LogP contribution in [0.2, 0.25) is 0 Å². The summed E-state index contributed by atoms with van der Waals surface area (Å²) in [5, 5.41) is 8.66. The molecule has 0 spiro atoms. The van der Waals surface area contributed by atoms with Gasteiger partial charge in [0.25, 0.3) is 0 Å². The number of furan rings is 1. The number of fused-ring (bicyclic) bond motifs is 1. The van der Waals surface area contributed by atoms with Crippen molar-refractivity contribution >= 4 is 38.8 Å². The summed E-state index contributed by atoms with van der Waals surface area (Å²) in [5.41, 5.74) is 0.998. The fourth-order valence-electron chi connectivity index (χ4n) is 2.86. The summed E-state index contributed by atoms with van der Waals surface area (Å²) in [6.07, 6.45) is 2.80. The molecule has 0 saturated carbocycles. The van der Waals surface area contributed by atoms with Crippen LogP contribution in [0.5, 0.6) is 0 Å². The number of aliphatic imine (C=N–C) groups is 1. The molecule has 0 aliphatic carbocycles. The molecule has 0 unspecified atom stereocenters. The molecule has 0 radical (unpaired) electrons. The Morgan fingerprint density at radius 3 is 2.83 bits per heavy atom. The van der Waals surface area contributed by atoms with Crippen LogP contribution in [0.1, 0.15) is 22.6 Å². The van der Waals surface area contributed by atoms with Crippen molar-refractivity contribution in [2.24, 2.45) is 4.99 Å². The minimum atomic E-state index is 0.469. The number of rotatable bonds is 7. The van der Waals surface area contributed by atoms with E-state index in [-0.39, 0.29) is 0 Å². The first-order valence-corrected chi connectivity index (χ1v) is 11.2. The van der Waals surface area contributed by atoms with Gasteiger partial charge in [-0.25, -0.2) is 15.0 Å². The smallest absolute Gasteiger partial charge is 0.191 e. The molecule has 3 aromatic heterocycles. The highest BCUT2D eigenvalue weighted by Gasteiger charge is 2.10. The van der Waals surface area contributed by atoms with Gasteiger partial charge in [-0.05, 0) is 38.1 Å². The van der Waals surface area contributed by atoms with E-state index in [1.54, 1.807) is 22.7 Å². The maximum absolute atomic E-state index is 5.98. The highest BCUT2D eigenvalue weighted by Crippen LogP contribution is 2.31. The standard InChI is InChI=1S/C21H23N5OS2/c1-3-22-21(23-11-10-19-24-12-14(2)28-19)25-13-15-8-9-17(27-15)20-26-16-6-4-5-7-18(16)29-20/h4-9,12H,3,10-11,13H2,1-2H3,(H2,22,23,25). The molecule has 0 aliphatic heterocycles. The summed E-state index contributed by atoms with van der Waals surface area (Å²) in [6.45, 7) is 6.19. The lowest BCUT2D eigenvalue weighted by molar-refractivity contribution is 0.524. The van der Waals surface area contributed by atoms with Crippen molar-refractivity contribution in [3.8, 4) is 10.8 Å². The van der Waals surface area contributed by atoms with Gasteiger partial charge in [-0.3, -0.25) is 0 Å². The van der Waals surface area contributed by atoms with Crippen LogP contribution < -0.4 is 10.6 Å². The van der Waals surface area contributed by atoms with Crippen molar-refractivity contribution in [1.82, 2.24) is 20.6 Å². The third kappa shape index (κ3) is 5.02. The number of aromatic nitrogens is 2. The van der Waals surface area contributed by atoms with Gasteiger partial charge in [0.1, 0.15) is 12.3 Å². The summed E-state index contributed by atoms with van der Waals surface area (Å²) >= 11 is 3.37. The Kier molecular flexibility index (Phi) is 6.21. The molecular weight excluding hydrogens is 402 g/mol. The van der Waals surface area contributed by atoms with Crippen LogP contribution in [0.3, 0.4) is 0 Å². The highest BCUT2D eigenvalue weighted by molar-refractivity contribution is 7.21. The summed E-state index contributed by atoms with van der Waals surface area (Å²) in [6, 6.07) is 12.0. The number of benzene rings is 1. The lowest BCUT2D eigenvalue weighted by Gasteiger charge is -2.10. The summed E-state index contributed by atoms with van der Waals surface area (Å²) in [5.74, 6) is 2.37. The predicted molar refractivity (Wildman–Crippen MR) is 121 cm³/mol. The zero-order valence-electron chi connectivity index (χ0n) is 16.4. The SMILES string of the molecule is CCNC(=NCc1ccc(-c2nc3ccccc3s2)o1)NCCc1ncc(C)s1. The predicted octanol–water partition coefficient (Wildman–Crippen LogP) is 4.62. The van der Waals surface area contributed by atoms with Crippen LogP contribution in [-0.2, 0) is 13.0 Å². The quantitative estimate of drug-likeness (QED) is 0.334. The summed E-state index contributed by atoms with van der Waals surface area (Å²) < 4.78 is 7.14. The van der Waals surface area contributed by atoms with Gasteiger partial charge in [0.15, 0.2) is 16.7 Å². The van der Waals surface area contributed by atoms with E-state index in [1.165, 1.54) is 4.88 Å². The zero-order chi connectivity index (χ0) is 20.1. The average molecular weight is 426 g/mol. The fourth-order valence-corrected chi connectivity index (χ4v) is 4.57. The Balaban J connectivity index is 1.38. The second kappa shape index (κ2) is 9.19. The van der Waals surface area contributed by atoms with Crippen LogP contribution in [0.4, 0.5) is 0 Å². The molecule has 1 aromatic carbocycles. The Morgan fingerprint density at radius 1 is 1.14 bits per heavy atom. The number of para-hydroxylation sites is 1. The number of aryl methyl sites for hydroxylation is 1. The first-order chi connectivity index (χ1) is 14.2. The number of nitrogens with one attached hydrogen (secondary N) is 2. The van der Waals surface area contributed by atoms with Gasteiger partial charge < -0.3 is 15.1 Å². The van der Waals surface area contributed by atoms with Gasteiger partial charge >= 0.3 is 0 Å². The molecule has 0 aliphatic rings. The Hall–Kier alpha value is -2.71. The number of nitrogens with zero attached hydrogens (tertiary/aromatic N) is 3. The summed E-state index contributed by atoms with van der Waals surface area (Å²) in [4.78, 5) is 14.9. The minimum Gasteiger partial charge on any atom is -0.457 e. The maximum atomic E-state index is 5.98. The molecule has 0 saturated heterocycles. The van der Waals surface area contributed by atoms with Crippen LogP contribution in [0.15, 0.2) is 52.0 Å². The molecule has 8 heteroatoms. The van der Waals surface area contributed by atoms with E-state index >= 15 is 0 Å². The van der Waals surface area contributed by atoms with Crippen molar-refractivity contribution in [1.29, 1.82) is 0 Å². The molecule has 2 N–H and O–H groups in total. The first kappa shape index (κ1) is 19.6. The van der Waals surface area contributed by atoms with Gasteiger partial charge in [-0.1, -0.05) is 12.1 Å². The van der Waals surface area contributed by atoms with Gasteiger partial charge in [0.05, 0.1) is 15.2 Å². The van der Waals surface area contributed by atoms with Gasteiger partial charge in [-0.2, -0.15) is 0 Å². The lowest BCUT2D eigenvalue weighted by atomic mass is 10.3. The van der Waals surface area contributed by atoms with E-state index in [4.69, 9.17) is 4.42 Å². The number of hydrogen-bond acceptors (Lipinski definition) is 6. The molecule has 6 nitrogen and oxygen atoms in total. The van der Waals surface area contributed by atoms with E-state index in [9.17, 15) is 0 Å². The number of guanidine groups is 1. The molecule has 4 rings (SSSR count). The summed E-state index contributed by atoms with van der Waals surface area (Å²) in [7, 11) is 0. The molecule has 0 bridgehead atoms. The van der Waals surface area contributed by atoms with E-state index in [1.807, 2.05) is 36.5 Å². The van der Waals surface area contributed by atoms with Crippen LogP contribution in [0.25, 0.3) is 21.0 Å². The third-order valence-electron chi connectivity index (χ3n) is 4.20. The molecule has 3 heterocycles. The largest absolute Gasteiger partial charge is 0.457 e. The second-order valence-electron chi connectivity index (χ2n) is 6.49. The highest BCUT2D eigenvalue weighted by atomic mass is 32.1. The van der Waals surface area contributed by atoms with E-state index in [2.05, 4.69) is 45.5 Å². The maximum Gasteiger partial charge on any atom is 0.191 e.